The summed E-state index contributed by atoms with van der Waals surface area (Å²) in [6.45, 7) is 7.36. The van der Waals surface area contributed by atoms with E-state index in [2.05, 4.69) is 6.58 Å². The highest BCUT2D eigenvalue weighted by Gasteiger charge is 2.41. The highest BCUT2D eigenvalue weighted by Crippen LogP contribution is 2.23. The average molecular weight is 306 g/mol. The second-order valence-electron chi connectivity index (χ2n) is 4.66. The maximum Gasteiger partial charge on any atom is 0.330 e. The molecule has 0 unspecified atom stereocenters. The SMILES string of the molecule is C=CC(=O)OCCC(=O)[Si](CC)(CC)Oc1ccccc1. The monoisotopic (exact) mass is 306 g/mol. The Kier molecular flexibility index (Phi) is 6.88. The number of benzene rings is 1. The van der Waals surface area contributed by atoms with Gasteiger partial charge < -0.3 is 14.0 Å². The summed E-state index contributed by atoms with van der Waals surface area (Å²) in [5, 5.41) is 0.0771. The van der Waals surface area contributed by atoms with Gasteiger partial charge in [-0.05, 0) is 24.2 Å². The van der Waals surface area contributed by atoms with E-state index < -0.39 is 14.3 Å². The van der Waals surface area contributed by atoms with E-state index in [1.54, 1.807) is 0 Å². The average Bonchev–Trinajstić information content (AvgIpc) is 2.53. The van der Waals surface area contributed by atoms with Crippen LogP contribution in [-0.2, 0) is 14.3 Å². The number of esters is 1. The van der Waals surface area contributed by atoms with Gasteiger partial charge in [-0.25, -0.2) is 4.79 Å². The summed E-state index contributed by atoms with van der Waals surface area (Å²) in [5.74, 6) is 0.219. The molecule has 0 spiro atoms. The smallest absolute Gasteiger partial charge is 0.330 e. The minimum atomic E-state index is -2.53. The van der Waals surface area contributed by atoms with Crippen molar-refractivity contribution in [2.45, 2.75) is 32.4 Å². The minimum absolute atomic E-state index is 0.0771. The van der Waals surface area contributed by atoms with Crippen LogP contribution in [0.3, 0.4) is 0 Å². The summed E-state index contributed by atoms with van der Waals surface area (Å²) in [6, 6.07) is 10.8. The molecule has 0 aliphatic rings. The summed E-state index contributed by atoms with van der Waals surface area (Å²) >= 11 is 0. The fourth-order valence-electron chi connectivity index (χ4n) is 2.09. The summed E-state index contributed by atoms with van der Waals surface area (Å²) < 4.78 is 11.0. The normalized spacial score (nSPS) is 10.8. The minimum Gasteiger partial charge on any atom is -0.536 e. The Morgan fingerprint density at radius 3 is 2.33 bits per heavy atom. The molecule has 4 nitrogen and oxygen atoms in total. The standard InChI is InChI=1S/C16H22O4Si/c1-4-15(17)19-13-12-16(18)21(5-2,6-3)20-14-10-8-7-9-11-14/h4,7-11H,1,5-6,12-13H2,2-3H3. The third kappa shape index (κ3) is 4.86. The summed E-state index contributed by atoms with van der Waals surface area (Å²) in [4.78, 5) is 23.5. The van der Waals surface area contributed by atoms with Gasteiger partial charge >= 0.3 is 14.3 Å². The van der Waals surface area contributed by atoms with Crippen LogP contribution in [0.25, 0.3) is 0 Å². The lowest BCUT2D eigenvalue weighted by molar-refractivity contribution is -0.138. The largest absolute Gasteiger partial charge is 0.536 e. The number of carbonyl (C=O) groups is 2. The van der Waals surface area contributed by atoms with E-state index >= 15 is 0 Å². The predicted molar refractivity (Wildman–Crippen MR) is 84.6 cm³/mol. The van der Waals surface area contributed by atoms with Crippen LogP contribution in [0, 0.1) is 0 Å². The first-order valence-electron chi connectivity index (χ1n) is 7.14. The summed E-state index contributed by atoms with van der Waals surface area (Å²) in [5.41, 5.74) is 0. The molecule has 0 N–H and O–H groups in total. The first kappa shape index (κ1) is 17.2. The molecular formula is C16H22O4Si. The van der Waals surface area contributed by atoms with Crippen molar-refractivity contribution in [3.05, 3.63) is 43.0 Å². The Balaban J connectivity index is 2.72. The highest BCUT2D eigenvalue weighted by molar-refractivity contribution is 7.01. The van der Waals surface area contributed by atoms with Crippen LogP contribution >= 0.6 is 0 Å². The molecule has 0 atom stereocenters. The second kappa shape index (κ2) is 8.41. The van der Waals surface area contributed by atoms with E-state index in [0.29, 0.717) is 12.1 Å². The fraction of sp³-hybridized carbons (Fsp3) is 0.375. The zero-order valence-corrected chi connectivity index (χ0v) is 13.6. The zero-order valence-electron chi connectivity index (χ0n) is 12.6. The van der Waals surface area contributed by atoms with Crippen molar-refractivity contribution >= 4 is 19.7 Å². The van der Waals surface area contributed by atoms with Crippen LogP contribution in [0.5, 0.6) is 5.75 Å². The lowest BCUT2D eigenvalue weighted by Crippen LogP contribution is -2.49. The van der Waals surface area contributed by atoms with E-state index in [1.807, 2.05) is 44.2 Å². The van der Waals surface area contributed by atoms with Gasteiger partial charge in [0.2, 0.25) is 0 Å². The summed E-state index contributed by atoms with van der Waals surface area (Å²) in [7, 11) is -2.53. The molecule has 1 aromatic carbocycles. The molecule has 0 saturated heterocycles. The van der Waals surface area contributed by atoms with Gasteiger partial charge in [0.15, 0.2) is 5.41 Å². The molecule has 5 heteroatoms. The molecule has 0 aliphatic carbocycles. The van der Waals surface area contributed by atoms with Gasteiger partial charge in [-0.2, -0.15) is 0 Å². The zero-order chi connectivity index (χ0) is 15.7. The van der Waals surface area contributed by atoms with Crippen molar-refractivity contribution in [2.24, 2.45) is 0 Å². The maximum atomic E-state index is 12.5. The molecule has 1 rings (SSSR count). The molecule has 0 amide bonds. The number of hydrogen-bond donors (Lipinski definition) is 0. The molecule has 0 bridgehead atoms. The number of ether oxygens (including phenoxy) is 1. The van der Waals surface area contributed by atoms with Gasteiger partial charge in [0.1, 0.15) is 5.75 Å². The Labute approximate surface area is 126 Å². The first-order valence-corrected chi connectivity index (χ1v) is 9.46. The van der Waals surface area contributed by atoms with Crippen molar-refractivity contribution in [1.82, 2.24) is 0 Å². The molecule has 0 saturated carbocycles. The van der Waals surface area contributed by atoms with E-state index in [4.69, 9.17) is 9.16 Å². The third-order valence-electron chi connectivity index (χ3n) is 3.45. The molecule has 114 valence electrons. The maximum absolute atomic E-state index is 12.5. The number of carbonyl (C=O) groups excluding carboxylic acids is 2. The molecule has 1 aromatic rings. The Hall–Kier alpha value is -1.88. The Morgan fingerprint density at radius 1 is 1.19 bits per heavy atom. The molecule has 21 heavy (non-hydrogen) atoms. The van der Waals surface area contributed by atoms with Gasteiger partial charge in [0.05, 0.1) is 6.61 Å². The lowest BCUT2D eigenvalue weighted by Gasteiger charge is -2.28. The molecule has 0 fully saturated rings. The van der Waals surface area contributed by atoms with Crippen molar-refractivity contribution < 1.29 is 18.8 Å². The Bertz CT molecular complexity index is 480. The molecule has 0 radical (unpaired) electrons. The van der Waals surface area contributed by atoms with Crippen molar-refractivity contribution in [2.75, 3.05) is 6.61 Å². The van der Waals surface area contributed by atoms with Crippen LogP contribution < -0.4 is 4.43 Å². The molecular weight excluding hydrogens is 284 g/mol. The van der Waals surface area contributed by atoms with Crippen molar-refractivity contribution in [1.29, 1.82) is 0 Å². The number of hydrogen-bond acceptors (Lipinski definition) is 4. The van der Waals surface area contributed by atoms with E-state index in [9.17, 15) is 9.59 Å². The van der Waals surface area contributed by atoms with Gasteiger partial charge in [-0.3, -0.25) is 0 Å². The second-order valence-corrected chi connectivity index (χ2v) is 8.83. The topological polar surface area (TPSA) is 52.6 Å². The number of rotatable bonds is 9. The van der Waals surface area contributed by atoms with Gasteiger partial charge in [0, 0.05) is 12.5 Å². The molecule has 0 heterocycles. The van der Waals surface area contributed by atoms with E-state index in [-0.39, 0.29) is 18.4 Å². The lowest BCUT2D eigenvalue weighted by atomic mass is 10.3. The highest BCUT2D eigenvalue weighted by atomic mass is 28.4. The fourth-order valence-corrected chi connectivity index (χ4v) is 4.93. The van der Waals surface area contributed by atoms with Crippen molar-refractivity contribution in [3.8, 4) is 5.75 Å². The van der Waals surface area contributed by atoms with E-state index in [1.165, 1.54) is 0 Å². The first-order chi connectivity index (χ1) is 10.1. The third-order valence-corrected chi connectivity index (χ3v) is 7.62. The quantitative estimate of drug-likeness (QED) is 0.399. The molecule has 0 aromatic heterocycles. The van der Waals surface area contributed by atoms with E-state index in [0.717, 1.165) is 11.8 Å². The van der Waals surface area contributed by atoms with Crippen LogP contribution in [0.1, 0.15) is 20.3 Å². The Morgan fingerprint density at radius 2 is 1.81 bits per heavy atom. The van der Waals surface area contributed by atoms with Gasteiger partial charge in [0.25, 0.3) is 0 Å². The van der Waals surface area contributed by atoms with Crippen LogP contribution in [0.4, 0.5) is 0 Å². The van der Waals surface area contributed by atoms with Crippen LogP contribution in [-0.4, -0.2) is 26.3 Å². The number of para-hydroxylation sites is 1. The van der Waals surface area contributed by atoms with Gasteiger partial charge in [-0.1, -0.05) is 38.6 Å². The predicted octanol–water partition coefficient (Wildman–Crippen LogP) is 3.28. The van der Waals surface area contributed by atoms with Gasteiger partial charge in [-0.15, -0.1) is 0 Å². The van der Waals surface area contributed by atoms with Crippen LogP contribution in [0.15, 0.2) is 43.0 Å². The van der Waals surface area contributed by atoms with Crippen molar-refractivity contribution in [3.63, 3.8) is 0 Å². The van der Waals surface area contributed by atoms with Crippen LogP contribution in [0.2, 0.25) is 12.1 Å². The molecule has 0 aliphatic heterocycles. The summed E-state index contributed by atoms with van der Waals surface area (Å²) in [6.07, 6.45) is 1.29.